The third-order valence-electron chi connectivity index (χ3n) is 6.45. The summed E-state index contributed by atoms with van der Waals surface area (Å²) in [4.78, 5) is 31.0. The SMILES string of the molecule is O=C1CCCN1CCCN1C[C@H](OCC2CC2)CN(CCc2ccccc2)CC1=O. The summed E-state index contributed by atoms with van der Waals surface area (Å²) in [6.45, 7) is 5.96. The fourth-order valence-electron chi connectivity index (χ4n) is 4.42. The molecule has 0 bridgehead atoms. The van der Waals surface area contributed by atoms with Crippen molar-refractivity contribution in [2.75, 3.05) is 52.4 Å². The van der Waals surface area contributed by atoms with Gasteiger partial charge in [0.05, 0.1) is 12.6 Å². The van der Waals surface area contributed by atoms with Gasteiger partial charge < -0.3 is 14.5 Å². The van der Waals surface area contributed by atoms with E-state index in [0.29, 0.717) is 26.1 Å². The number of carbonyl (C=O) groups is 2. The van der Waals surface area contributed by atoms with Gasteiger partial charge in [0.25, 0.3) is 0 Å². The van der Waals surface area contributed by atoms with Crippen LogP contribution in [0.4, 0.5) is 0 Å². The van der Waals surface area contributed by atoms with Gasteiger partial charge in [0.15, 0.2) is 0 Å². The Hall–Kier alpha value is -1.92. The molecule has 3 aliphatic rings. The summed E-state index contributed by atoms with van der Waals surface area (Å²) in [6.07, 6.45) is 6.05. The number of ether oxygens (including phenoxy) is 1. The average molecular weight is 414 g/mol. The van der Waals surface area contributed by atoms with Gasteiger partial charge in [-0.25, -0.2) is 0 Å². The van der Waals surface area contributed by atoms with Gasteiger partial charge in [-0.05, 0) is 43.6 Å². The Morgan fingerprint density at radius 2 is 1.73 bits per heavy atom. The van der Waals surface area contributed by atoms with Crippen LogP contribution in [0.15, 0.2) is 30.3 Å². The summed E-state index contributed by atoms with van der Waals surface area (Å²) in [5.74, 6) is 1.17. The molecule has 2 heterocycles. The van der Waals surface area contributed by atoms with Crippen molar-refractivity contribution in [3.05, 3.63) is 35.9 Å². The minimum absolute atomic E-state index is 0.0706. The maximum absolute atomic E-state index is 13.0. The zero-order valence-electron chi connectivity index (χ0n) is 18.0. The van der Waals surface area contributed by atoms with E-state index in [2.05, 4.69) is 29.2 Å². The van der Waals surface area contributed by atoms with Crippen LogP contribution in [0.3, 0.4) is 0 Å². The van der Waals surface area contributed by atoms with Crippen LogP contribution in [0.2, 0.25) is 0 Å². The number of hydrogen-bond donors (Lipinski definition) is 0. The number of likely N-dealkylation sites (tertiary alicyclic amines) is 1. The number of rotatable bonds is 10. The molecule has 164 valence electrons. The molecule has 2 saturated heterocycles. The van der Waals surface area contributed by atoms with E-state index in [-0.39, 0.29) is 17.9 Å². The highest BCUT2D eigenvalue weighted by Gasteiger charge is 2.30. The molecule has 0 aromatic heterocycles. The predicted molar refractivity (Wildman–Crippen MR) is 116 cm³/mol. The van der Waals surface area contributed by atoms with Crippen LogP contribution in [0.5, 0.6) is 0 Å². The minimum Gasteiger partial charge on any atom is -0.375 e. The quantitative estimate of drug-likeness (QED) is 0.590. The first-order valence-electron chi connectivity index (χ1n) is 11.6. The monoisotopic (exact) mass is 413 g/mol. The molecular formula is C24H35N3O3. The fourth-order valence-corrected chi connectivity index (χ4v) is 4.42. The second-order valence-corrected chi connectivity index (χ2v) is 9.05. The lowest BCUT2D eigenvalue weighted by molar-refractivity contribution is -0.132. The fraction of sp³-hybridized carbons (Fsp3) is 0.667. The summed E-state index contributed by atoms with van der Waals surface area (Å²) < 4.78 is 6.24. The van der Waals surface area contributed by atoms with Crippen LogP contribution < -0.4 is 0 Å². The first-order valence-corrected chi connectivity index (χ1v) is 11.6. The van der Waals surface area contributed by atoms with Crippen molar-refractivity contribution in [2.45, 2.75) is 44.6 Å². The highest BCUT2D eigenvalue weighted by molar-refractivity contribution is 5.79. The number of benzene rings is 1. The Labute approximate surface area is 180 Å². The molecule has 0 spiro atoms. The highest BCUT2D eigenvalue weighted by atomic mass is 16.5. The largest absolute Gasteiger partial charge is 0.375 e. The van der Waals surface area contributed by atoms with E-state index in [9.17, 15) is 9.59 Å². The van der Waals surface area contributed by atoms with Crippen LogP contribution in [0, 0.1) is 5.92 Å². The Kier molecular flexibility index (Phi) is 7.39. The maximum Gasteiger partial charge on any atom is 0.236 e. The molecule has 0 unspecified atom stereocenters. The Morgan fingerprint density at radius 3 is 2.47 bits per heavy atom. The molecule has 1 aromatic rings. The third kappa shape index (κ3) is 6.29. The van der Waals surface area contributed by atoms with Gasteiger partial charge in [-0.1, -0.05) is 30.3 Å². The molecule has 1 aromatic carbocycles. The highest BCUT2D eigenvalue weighted by Crippen LogP contribution is 2.29. The van der Waals surface area contributed by atoms with E-state index in [1.54, 1.807) is 0 Å². The molecule has 2 aliphatic heterocycles. The van der Waals surface area contributed by atoms with Gasteiger partial charge in [0.2, 0.25) is 11.8 Å². The van der Waals surface area contributed by atoms with Gasteiger partial charge in [-0.2, -0.15) is 0 Å². The smallest absolute Gasteiger partial charge is 0.236 e. The average Bonchev–Trinajstić information content (AvgIpc) is 3.52. The van der Waals surface area contributed by atoms with Crippen molar-refractivity contribution in [1.82, 2.24) is 14.7 Å². The van der Waals surface area contributed by atoms with Gasteiger partial charge in [-0.15, -0.1) is 0 Å². The first kappa shape index (κ1) is 21.3. The molecular weight excluding hydrogens is 378 g/mol. The molecule has 1 atom stereocenters. The molecule has 0 radical (unpaired) electrons. The zero-order valence-corrected chi connectivity index (χ0v) is 18.0. The molecule has 4 rings (SSSR count). The van der Waals surface area contributed by atoms with Crippen LogP contribution in [-0.4, -0.2) is 85.0 Å². The Morgan fingerprint density at radius 1 is 0.933 bits per heavy atom. The van der Waals surface area contributed by atoms with Crippen molar-refractivity contribution in [3.63, 3.8) is 0 Å². The van der Waals surface area contributed by atoms with Crippen LogP contribution >= 0.6 is 0 Å². The van der Waals surface area contributed by atoms with E-state index in [0.717, 1.165) is 58.0 Å². The standard InChI is InChI=1S/C24H35N3O3/c28-23-8-4-12-26(23)13-5-14-27-17-22(30-19-21-9-10-21)16-25(18-24(27)29)15-11-20-6-2-1-3-7-20/h1-3,6-7,21-22H,4-5,8-19H2/t22-/m1/s1. The summed E-state index contributed by atoms with van der Waals surface area (Å²) in [6, 6.07) is 10.5. The minimum atomic E-state index is 0.0706. The Balaban J connectivity index is 1.31. The van der Waals surface area contributed by atoms with Crippen molar-refractivity contribution in [1.29, 1.82) is 0 Å². The molecule has 30 heavy (non-hydrogen) atoms. The summed E-state index contributed by atoms with van der Waals surface area (Å²) in [7, 11) is 0. The molecule has 1 saturated carbocycles. The normalized spacial score (nSPS) is 23.3. The molecule has 2 amide bonds. The van der Waals surface area contributed by atoms with Crippen LogP contribution in [-0.2, 0) is 20.7 Å². The van der Waals surface area contributed by atoms with E-state index < -0.39 is 0 Å². The lowest BCUT2D eigenvalue weighted by Crippen LogP contribution is -2.40. The van der Waals surface area contributed by atoms with Crippen molar-refractivity contribution >= 4 is 11.8 Å². The maximum atomic E-state index is 13.0. The van der Waals surface area contributed by atoms with Crippen molar-refractivity contribution < 1.29 is 14.3 Å². The van der Waals surface area contributed by atoms with Crippen molar-refractivity contribution in [3.8, 4) is 0 Å². The third-order valence-corrected chi connectivity index (χ3v) is 6.45. The van der Waals surface area contributed by atoms with E-state index in [4.69, 9.17) is 4.74 Å². The molecule has 6 nitrogen and oxygen atoms in total. The van der Waals surface area contributed by atoms with Gasteiger partial charge in [0, 0.05) is 52.3 Å². The number of amides is 2. The van der Waals surface area contributed by atoms with Crippen molar-refractivity contribution in [2.24, 2.45) is 5.92 Å². The van der Waals surface area contributed by atoms with Crippen LogP contribution in [0.25, 0.3) is 0 Å². The lowest BCUT2D eigenvalue weighted by atomic mass is 10.1. The second-order valence-electron chi connectivity index (χ2n) is 9.05. The van der Waals surface area contributed by atoms with E-state index in [1.807, 2.05) is 15.9 Å². The van der Waals surface area contributed by atoms with E-state index >= 15 is 0 Å². The van der Waals surface area contributed by atoms with E-state index in [1.165, 1.54) is 18.4 Å². The summed E-state index contributed by atoms with van der Waals surface area (Å²) in [5.41, 5.74) is 1.30. The molecule has 0 N–H and O–H groups in total. The molecule has 6 heteroatoms. The topological polar surface area (TPSA) is 53.1 Å². The van der Waals surface area contributed by atoms with Gasteiger partial charge >= 0.3 is 0 Å². The Bertz CT molecular complexity index is 707. The predicted octanol–water partition coefficient (Wildman–Crippen LogP) is 2.18. The van der Waals surface area contributed by atoms with Gasteiger partial charge in [-0.3, -0.25) is 14.5 Å². The lowest BCUT2D eigenvalue weighted by Gasteiger charge is -2.25. The summed E-state index contributed by atoms with van der Waals surface area (Å²) in [5, 5.41) is 0. The molecule has 3 fully saturated rings. The number of nitrogens with zero attached hydrogens (tertiary/aromatic N) is 3. The molecule has 1 aliphatic carbocycles. The van der Waals surface area contributed by atoms with Crippen LogP contribution in [0.1, 0.15) is 37.7 Å². The number of hydrogen-bond acceptors (Lipinski definition) is 4. The summed E-state index contributed by atoms with van der Waals surface area (Å²) >= 11 is 0. The first-order chi connectivity index (χ1) is 14.7. The van der Waals surface area contributed by atoms with Gasteiger partial charge in [0.1, 0.15) is 0 Å². The zero-order chi connectivity index (χ0) is 20.8. The second kappa shape index (κ2) is 10.4. The number of carbonyl (C=O) groups excluding carboxylic acids is 2.